The minimum Gasteiger partial charge on any atom is -0.494 e. The van der Waals surface area contributed by atoms with E-state index >= 15 is 0 Å². The minimum atomic E-state index is -1.09. The summed E-state index contributed by atoms with van der Waals surface area (Å²) in [5, 5.41) is 3.03. The molecule has 1 aromatic heterocycles. The molecule has 1 atom stereocenters. The van der Waals surface area contributed by atoms with E-state index in [2.05, 4.69) is 5.32 Å². The second-order valence-electron chi connectivity index (χ2n) is 6.47. The topological polar surface area (TPSA) is 94.8 Å². The summed E-state index contributed by atoms with van der Waals surface area (Å²) in [6, 6.07) is 13.0. The van der Waals surface area contributed by atoms with E-state index in [0.717, 1.165) is 11.6 Å². The molecule has 0 radical (unpaired) electrons. The van der Waals surface area contributed by atoms with E-state index in [1.807, 2.05) is 13.8 Å². The van der Waals surface area contributed by atoms with Gasteiger partial charge in [0.2, 0.25) is 5.76 Å². The van der Waals surface area contributed by atoms with E-state index in [0.29, 0.717) is 23.4 Å². The van der Waals surface area contributed by atoms with Crippen LogP contribution in [0.4, 0.5) is 5.69 Å². The summed E-state index contributed by atoms with van der Waals surface area (Å²) in [6.07, 6.45) is -1.09. The van der Waals surface area contributed by atoms with Crippen molar-refractivity contribution in [1.29, 1.82) is 0 Å². The second kappa shape index (κ2) is 8.60. The molecule has 0 saturated carbocycles. The number of rotatable bonds is 6. The van der Waals surface area contributed by atoms with Gasteiger partial charge < -0.3 is 19.2 Å². The molecule has 1 heterocycles. The molecule has 7 heteroatoms. The average Bonchev–Trinajstić information content (AvgIpc) is 2.70. The van der Waals surface area contributed by atoms with Crippen LogP contribution < -0.4 is 15.5 Å². The third-order valence-corrected chi connectivity index (χ3v) is 4.17. The molecule has 7 nitrogen and oxygen atoms in total. The SMILES string of the molecule is CCOc1ccc(NC(=O)[C@@H](C)OC(=O)c2cc(=O)c3cc(C)ccc3o2)cc1. The van der Waals surface area contributed by atoms with Crippen molar-refractivity contribution in [3.8, 4) is 5.75 Å². The molecule has 0 spiro atoms. The van der Waals surface area contributed by atoms with Crippen LogP contribution in [0.5, 0.6) is 5.75 Å². The Labute approximate surface area is 167 Å². The zero-order valence-corrected chi connectivity index (χ0v) is 16.4. The molecule has 3 rings (SSSR count). The Morgan fingerprint density at radius 3 is 2.52 bits per heavy atom. The minimum absolute atomic E-state index is 0.257. The molecule has 0 bridgehead atoms. The Morgan fingerprint density at radius 2 is 1.83 bits per heavy atom. The van der Waals surface area contributed by atoms with Gasteiger partial charge in [-0.25, -0.2) is 4.79 Å². The maximum Gasteiger partial charge on any atom is 0.375 e. The number of hydrogen-bond donors (Lipinski definition) is 1. The smallest absolute Gasteiger partial charge is 0.375 e. The van der Waals surface area contributed by atoms with Crippen molar-refractivity contribution in [2.75, 3.05) is 11.9 Å². The van der Waals surface area contributed by atoms with Gasteiger partial charge >= 0.3 is 5.97 Å². The Balaban J connectivity index is 1.68. The maximum absolute atomic E-state index is 12.3. The maximum atomic E-state index is 12.3. The first-order valence-corrected chi connectivity index (χ1v) is 9.16. The van der Waals surface area contributed by atoms with E-state index < -0.39 is 18.0 Å². The third kappa shape index (κ3) is 4.82. The summed E-state index contributed by atoms with van der Waals surface area (Å²) in [6.45, 7) is 5.71. The van der Waals surface area contributed by atoms with Gasteiger partial charge in [0.05, 0.1) is 12.0 Å². The first-order valence-electron chi connectivity index (χ1n) is 9.16. The fourth-order valence-electron chi connectivity index (χ4n) is 2.69. The van der Waals surface area contributed by atoms with Gasteiger partial charge in [-0.05, 0) is 57.2 Å². The quantitative estimate of drug-likeness (QED) is 0.640. The molecule has 1 amide bonds. The van der Waals surface area contributed by atoms with E-state index in [1.165, 1.54) is 6.92 Å². The first-order chi connectivity index (χ1) is 13.9. The summed E-state index contributed by atoms with van der Waals surface area (Å²) >= 11 is 0. The number of benzene rings is 2. The van der Waals surface area contributed by atoms with Gasteiger partial charge in [-0.2, -0.15) is 0 Å². The standard InChI is InChI=1S/C22H21NO6/c1-4-27-16-8-6-15(7-9-16)23-21(25)14(3)28-22(26)20-12-18(24)17-11-13(2)5-10-19(17)29-20/h5-12,14H,4H2,1-3H3,(H,23,25)/t14-/m1/s1. The average molecular weight is 395 g/mol. The molecule has 0 aliphatic carbocycles. The highest BCUT2D eigenvalue weighted by molar-refractivity contribution is 5.97. The highest BCUT2D eigenvalue weighted by Crippen LogP contribution is 2.17. The normalized spacial score (nSPS) is 11.7. The summed E-state index contributed by atoms with van der Waals surface area (Å²) in [4.78, 5) is 36.9. The van der Waals surface area contributed by atoms with Crippen LogP contribution in [0.15, 0.2) is 57.7 Å². The molecule has 0 fully saturated rings. The van der Waals surface area contributed by atoms with Crippen LogP contribution >= 0.6 is 0 Å². The molecule has 2 aromatic carbocycles. The molecule has 0 aliphatic heterocycles. The molecule has 0 aliphatic rings. The van der Waals surface area contributed by atoms with Crippen LogP contribution in [-0.4, -0.2) is 24.6 Å². The van der Waals surface area contributed by atoms with Gasteiger partial charge in [0.15, 0.2) is 11.5 Å². The number of anilines is 1. The van der Waals surface area contributed by atoms with Crippen LogP contribution in [0.3, 0.4) is 0 Å². The predicted molar refractivity (Wildman–Crippen MR) is 108 cm³/mol. The number of carbonyl (C=O) groups excluding carboxylic acids is 2. The highest BCUT2D eigenvalue weighted by Gasteiger charge is 2.21. The van der Waals surface area contributed by atoms with Crippen LogP contribution in [0.2, 0.25) is 0 Å². The fraction of sp³-hybridized carbons (Fsp3) is 0.227. The monoisotopic (exact) mass is 395 g/mol. The van der Waals surface area contributed by atoms with Crippen LogP contribution in [0.25, 0.3) is 11.0 Å². The van der Waals surface area contributed by atoms with E-state index in [4.69, 9.17) is 13.9 Å². The van der Waals surface area contributed by atoms with Gasteiger partial charge in [0.25, 0.3) is 5.91 Å². The highest BCUT2D eigenvalue weighted by atomic mass is 16.6. The molecule has 0 unspecified atom stereocenters. The van der Waals surface area contributed by atoms with Gasteiger partial charge in [0.1, 0.15) is 11.3 Å². The van der Waals surface area contributed by atoms with Crippen molar-refractivity contribution < 1.29 is 23.5 Å². The number of esters is 1. The summed E-state index contributed by atoms with van der Waals surface area (Å²) in [5.41, 5.74) is 1.36. The summed E-state index contributed by atoms with van der Waals surface area (Å²) < 4.78 is 16.0. The van der Waals surface area contributed by atoms with Crippen LogP contribution in [0, 0.1) is 6.92 Å². The largest absolute Gasteiger partial charge is 0.494 e. The number of aryl methyl sites for hydroxylation is 1. The molecule has 29 heavy (non-hydrogen) atoms. The lowest BCUT2D eigenvalue weighted by atomic mass is 10.1. The Hall–Kier alpha value is -3.61. The van der Waals surface area contributed by atoms with E-state index in [1.54, 1.807) is 42.5 Å². The Bertz CT molecular complexity index is 1100. The van der Waals surface area contributed by atoms with Crippen molar-refractivity contribution >= 4 is 28.5 Å². The van der Waals surface area contributed by atoms with Gasteiger partial charge in [-0.1, -0.05) is 11.6 Å². The molecule has 0 saturated heterocycles. The fourth-order valence-corrected chi connectivity index (χ4v) is 2.69. The number of carbonyl (C=O) groups is 2. The zero-order chi connectivity index (χ0) is 21.0. The van der Waals surface area contributed by atoms with Gasteiger partial charge in [0, 0.05) is 11.8 Å². The van der Waals surface area contributed by atoms with E-state index in [-0.39, 0.29) is 16.8 Å². The third-order valence-electron chi connectivity index (χ3n) is 4.17. The van der Waals surface area contributed by atoms with Crippen molar-refractivity contribution in [3.05, 3.63) is 70.1 Å². The zero-order valence-electron chi connectivity index (χ0n) is 16.4. The second-order valence-corrected chi connectivity index (χ2v) is 6.47. The van der Waals surface area contributed by atoms with Gasteiger partial charge in [-0.3, -0.25) is 9.59 Å². The molecular weight excluding hydrogens is 374 g/mol. The lowest BCUT2D eigenvalue weighted by Gasteiger charge is -2.13. The van der Waals surface area contributed by atoms with Crippen molar-refractivity contribution in [2.45, 2.75) is 26.9 Å². The Kier molecular flexibility index (Phi) is 5.97. The summed E-state index contributed by atoms with van der Waals surface area (Å²) in [7, 11) is 0. The lowest BCUT2D eigenvalue weighted by Crippen LogP contribution is -2.30. The number of fused-ring (bicyclic) bond motifs is 1. The van der Waals surface area contributed by atoms with E-state index in [9.17, 15) is 14.4 Å². The molecule has 1 N–H and O–H groups in total. The summed E-state index contributed by atoms with van der Waals surface area (Å²) in [5.74, 6) is -0.973. The molecule has 150 valence electrons. The number of ether oxygens (including phenoxy) is 2. The van der Waals surface area contributed by atoms with Crippen molar-refractivity contribution in [2.24, 2.45) is 0 Å². The predicted octanol–water partition coefficient (Wildman–Crippen LogP) is 3.68. The number of nitrogens with one attached hydrogen (secondary N) is 1. The molecular formula is C22H21NO6. The first kappa shape index (κ1) is 20.1. The van der Waals surface area contributed by atoms with Crippen LogP contribution in [-0.2, 0) is 9.53 Å². The van der Waals surface area contributed by atoms with Crippen molar-refractivity contribution in [3.63, 3.8) is 0 Å². The van der Waals surface area contributed by atoms with Crippen molar-refractivity contribution in [1.82, 2.24) is 0 Å². The molecule has 3 aromatic rings. The Morgan fingerprint density at radius 1 is 1.10 bits per heavy atom. The van der Waals surface area contributed by atoms with Gasteiger partial charge in [-0.15, -0.1) is 0 Å². The number of amides is 1. The van der Waals surface area contributed by atoms with Crippen LogP contribution in [0.1, 0.15) is 30.0 Å². The number of hydrogen-bond acceptors (Lipinski definition) is 6. The lowest BCUT2D eigenvalue weighted by molar-refractivity contribution is -0.123.